The fourth-order valence-electron chi connectivity index (χ4n) is 1.72. The van der Waals surface area contributed by atoms with Crippen LogP contribution in [0.3, 0.4) is 0 Å². The lowest BCUT2D eigenvalue weighted by Gasteiger charge is -2.20. The first-order chi connectivity index (χ1) is 5.11. The second-order valence-corrected chi connectivity index (χ2v) is 3.55. The molecule has 0 saturated carbocycles. The normalized spacial score (nSPS) is 56.5. The molecule has 2 aliphatic rings. The summed E-state index contributed by atoms with van der Waals surface area (Å²) in [5.41, 5.74) is 4.83. The highest BCUT2D eigenvalue weighted by Gasteiger charge is 2.52. The number of nitrogens with two attached hydrogens (primary N) is 1. The molecule has 0 spiro atoms. The van der Waals surface area contributed by atoms with Gasteiger partial charge in [0.05, 0.1) is 19.3 Å². The molecule has 2 aliphatic heterocycles. The number of rotatable bonds is 0. The molecule has 2 heterocycles. The van der Waals surface area contributed by atoms with E-state index in [-0.39, 0.29) is 18.2 Å². The first-order valence-electron chi connectivity index (χ1n) is 3.82. The molecule has 0 bridgehead atoms. The molecular formula is C7H13NO3. The van der Waals surface area contributed by atoms with Gasteiger partial charge in [-0.1, -0.05) is 0 Å². The summed E-state index contributed by atoms with van der Waals surface area (Å²) in [7, 11) is 0. The van der Waals surface area contributed by atoms with Gasteiger partial charge in [-0.05, 0) is 6.92 Å². The number of fused-ring (bicyclic) bond motifs is 1. The Morgan fingerprint density at radius 3 is 2.91 bits per heavy atom. The number of ether oxygens (including phenoxy) is 2. The van der Waals surface area contributed by atoms with E-state index in [0.29, 0.717) is 13.2 Å². The summed E-state index contributed by atoms with van der Waals surface area (Å²) in [6.07, 6.45) is -0.331. The molecule has 2 rings (SSSR count). The maximum atomic E-state index is 9.68. The molecule has 2 fully saturated rings. The van der Waals surface area contributed by atoms with Crippen LogP contribution >= 0.6 is 0 Å². The molecule has 3 N–H and O–H groups in total. The van der Waals surface area contributed by atoms with Gasteiger partial charge in [0, 0.05) is 0 Å². The standard InChI is InChI=1S/C7H13NO3/c1-7(9)3-11-5-4(8)2-10-6(5)7/h4-6,9H,2-3,8H2,1H3. The van der Waals surface area contributed by atoms with Crippen LogP contribution in [0.15, 0.2) is 0 Å². The van der Waals surface area contributed by atoms with Gasteiger partial charge in [-0.3, -0.25) is 0 Å². The van der Waals surface area contributed by atoms with Crippen LogP contribution in [0, 0.1) is 0 Å². The van der Waals surface area contributed by atoms with Gasteiger partial charge in [-0.25, -0.2) is 0 Å². The summed E-state index contributed by atoms with van der Waals surface area (Å²) in [6.45, 7) is 2.54. The predicted octanol–water partition coefficient (Wildman–Crippen LogP) is -1.14. The van der Waals surface area contributed by atoms with Crippen molar-refractivity contribution in [3.63, 3.8) is 0 Å². The van der Waals surface area contributed by atoms with Gasteiger partial charge in [0.15, 0.2) is 0 Å². The van der Waals surface area contributed by atoms with E-state index in [9.17, 15) is 5.11 Å². The Labute approximate surface area is 65.3 Å². The molecule has 4 atom stereocenters. The summed E-state index contributed by atoms with van der Waals surface area (Å²) in [5, 5.41) is 9.68. The third-order valence-electron chi connectivity index (χ3n) is 2.37. The molecule has 0 amide bonds. The third kappa shape index (κ3) is 0.980. The number of aliphatic hydroxyl groups is 1. The molecule has 0 aliphatic carbocycles. The van der Waals surface area contributed by atoms with Crippen LogP contribution in [0.2, 0.25) is 0 Å². The monoisotopic (exact) mass is 159 g/mol. The third-order valence-corrected chi connectivity index (χ3v) is 2.37. The zero-order chi connectivity index (χ0) is 8.06. The molecule has 0 aromatic carbocycles. The molecule has 0 aromatic heterocycles. The van der Waals surface area contributed by atoms with Crippen LogP contribution in [0.1, 0.15) is 6.92 Å². The Morgan fingerprint density at radius 2 is 2.27 bits per heavy atom. The second kappa shape index (κ2) is 2.17. The molecule has 11 heavy (non-hydrogen) atoms. The minimum Gasteiger partial charge on any atom is -0.385 e. The van der Waals surface area contributed by atoms with Crippen LogP contribution in [0.4, 0.5) is 0 Å². The van der Waals surface area contributed by atoms with E-state index in [1.807, 2.05) is 0 Å². The Bertz CT molecular complexity index is 171. The lowest BCUT2D eigenvalue weighted by molar-refractivity contribution is -0.0517. The summed E-state index contributed by atoms with van der Waals surface area (Å²) in [5.74, 6) is 0. The average Bonchev–Trinajstić information content (AvgIpc) is 2.39. The largest absolute Gasteiger partial charge is 0.385 e. The predicted molar refractivity (Wildman–Crippen MR) is 38.1 cm³/mol. The number of hydrogen-bond acceptors (Lipinski definition) is 4. The van der Waals surface area contributed by atoms with Crippen molar-refractivity contribution >= 4 is 0 Å². The van der Waals surface area contributed by atoms with Gasteiger partial charge >= 0.3 is 0 Å². The highest BCUT2D eigenvalue weighted by Crippen LogP contribution is 2.32. The van der Waals surface area contributed by atoms with Crippen molar-refractivity contribution in [2.24, 2.45) is 5.73 Å². The van der Waals surface area contributed by atoms with Gasteiger partial charge < -0.3 is 20.3 Å². The smallest absolute Gasteiger partial charge is 0.116 e. The van der Waals surface area contributed by atoms with E-state index in [0.717, 1.165) is 0 Å². The minimum atomic E-state index is -0.848. The van der Waals surface area contributed by atoms with Gasteiger partial charge in [0.2, 0.25) is 0 Å². The van der Waals surface area contributed by atoms with Crippen molar-refractivity contribution in [2.75, 3.05) is 13.2 Å². The Balaban J connectivity index is 2.17. The van der Waals surface area contributed by atoms with Crippen LogP contribution in [-0.2, 0) is 9.47 Å². The summed E-state index contributed by atoms with van der Waals surface area (Å²) in [6, 6.07) is -0.0750. The topological polar surface area (TPSA) is 64.7 Å². The van der Waals surface area contributed by atoms with Crippen molar-refractivity contribution in [1.29, 1.82) is 0 Å². The fraction of sp³-hybridized carbons (Fsp3) is 1.00. The van der Waals surface area contributed by atoms with Crippen LogP contribution in [0.25, 0.3) is 0 Å². The van der Waals surface area contributed by atoms with Crippen LogP contribution < -0.4 is 5.73 Å². The summed E-state index contributed by atoms with van der Waals surface area (Å²) in [4.78, 5) is 0. The Morgan fingerprint density at radius 1 is 1.55 bits per heavy atom. The molecular weight excluding hydrogens is 146 g/mol. The van der Waals surface area contributed by atoms with E-state index < -0.39 is 5.60 Å². The van der Waals surface area contributed by atoms with Crippen molar-refractivity contribution < 1.29 is 14.6 Å². The number of hydrogen-bond donors (Lipinski definition) is 2. The summed E-state index contributed by atoms with van der Waals surface area (Å²) < 4.78 is 10.6. The van der Waals surface area contributed by atoms with Gasteiger partial charge in [-0.2, -0.15) is 0 Å². The van der Waals surface area contributed by atoms with Crippen LogP contribution in [0.5, 0.6) is 0 Å². The minimum absolute atomic E-state index is 0.0750. The molecule has 4 heteroatoms. The van der Waals surface area contributed by atoms with Crippen LogP contribution in [-0.4, -0.2) is 42.2 Å². The lowest BCUT2D eigenvalue weighted by Crippen LogP contribution is -2.42. The van der Waals surface area contributed by atoms with Gasteiger partial charge in [0.1, 0.15) is 17.8 Å². The highest BCUT2D eigenvalue weighted by molar-refractivity contribution is 5.02. The van der Waals surface area contributed by atoms with Crippen molar-refractivity contribution in [3.8, 4) is 0 Å². The van der Waals surface area contributed by atoms with Crippen molar-refractivity contribution in [3.05, 3.63) is 0 Å². The molecule has 0 aromatic rings. The first kappa shape index (κ1) is 7.49. The van der Waals surface area contributed by atoms with E-state index in [1.54, 1.807) is 6.92 Å². The Kier molecular flexibility index (Phi) is 1.47. The summed E-state index contributed by atoms with van der Waals surface area (Å²) >= 11 is 0. The maximum Gasteiger partial charge on any atom is 0.116 e. The van der Waals surface area contributed by atoms with E-state index in [1.165, 1.54) is 0 Å². The van der Waals surface area contributed by atoms with E-state index >= 15 is 0 Å². The van der Waals surface area contributed by atoms with Gasteiger partial charge in [0.25, 0.3) is 0 Å². The SMILES string of the molecule is CC1(O)COC2C(N)COC21. The first-order valence-corrected chi connectivity index (χ1v) is 3.82. The molecule has 4 nitrogen and oxygen atoms in total. The van der Waals surface area contributed by atoms with Crippen molar-refractivity contribution in [2.45, 2.75) is 30.8 Å². The zero-order valence-electron chi connectivity index (χ0n) is 6.49. The molecule has 0 radical (unpaired) electrons. The van der Waals surface area contributed by atoms with E-state index in [2.05, 4.69) is 0 Å². The quantitative estimate of drug-likeness (QED) is 0.469. The second-order valence-electron chi connectivity index (χ2n) is 3.55. The molecule has 2 saturated heterocycles. The average molecular weight is 159 g/mol. The Hall–Kier alpha value is -0.160. The van der Waals surface area contributed by atoms with Crippen molar-refractivity contribution in [1.82, 2.24) is 0 Å². The fourth-order valence-corrected chi connectivity index (χ4v) is 1.72. The van der Waals surface area contributed by atoms with Gasteiger partial charge in [-0.15, -0.1) is 0 Å². The molecule has 4 unspecified atom stereocenters. The highest BCUT2D eigenvalue weighted by atomic mass is 16.6. The maximum absolute atomic E-state index is 9.68. The lowest BCUT2D eigenvalue weighted by atomic mass is 9.98. The van der Waals surface area contributed by atoms with E-state index in [4.69, 9.17) is 15.2 Å². The molecule has 64 valence electrons. The zero-order valence-corrected chi connectivity index (χ0v) is 6.49.